The Labute approximate surface area is 92.1 Å². The van der Waals surface area contributed by atoms with Crippen molar-refractivity contribution in [3.63, 3.8) is 0 Å². The smallest absolute Gasteiger partial charge is 0.112 e. The van der Waals surface area contributed by atoms with E-state index in [0.717, 1.165) is 12.8 Å². The van der Waals surface area contributed by atoms with E-state index in [1.165, 1.54) is 5.56 Å². The van der Waals surface area contributed by atoms with Crippen LogP contribution in [0.4, 0.5) is 0 Å². The molecule has 0 saturated carbocycles. The van der Waals surface area contributed by atoms with Crippen molar-refractivity contribution in [3.05, 3.63) is 35.9 Å². The van der Waals surface area contributed by atoms with E-state index in [4.69, 9.17) is 0 Å². The highest BCUT2D eigenvalue weighted by Gasteiger charge is 2.30. The molecule has 1 rings (SSSR count). The minimum atomic E-state index is -0.374. The van der Waals surface area contributed by atoms with E-state index in [1.54, 1.807) is 0 Å². The maximum absolute atomic E-state index is 9.32. The van der Waals surface area contributed by atoms with Crippen molar-refractivity contribution < 1.29 is 0 Å². The van der Waals surface area contributed by atoms with Gasteiger partial charge in [0.1, 0.15) is 5.54 Å². The molecule has 1 aromatic carbocycles. The van der Waals surface area contributed by atoms with Crippen molar-refractivity contribution in [2.24, 2.45) is 0 Å². The fourth-order valence-corrected chi connectivity index (χ4v) is 1.75. The molecule has 0 bridgehead atoms. The van der Waals surface area contributed by atoms with E-state index >= 15 is 0 Å². The summed E-state index contributed by atoms with van der Waals surface area (Å²) in [6, 6.07) is 12.6. The lowest BCUT2D eigenvalue weighted by molar-refractivity contribution is 0.208. The van der Waals surface area contributed by atoms with Crippen LogP contribution in [0.1, 0.15) is 18.9 Å². The molecule has 1 aromatic rings. The molecule has 1 unspecified atom stereocenters. The van der Waals surface area contributed by atoms with Gasteiger partial charge in [0.05, 0.1) is 6.07 Å². The van der Waals surface area contributed by atoms with Gasteiger partial charge >= 0.3 is 0 Å². The third-order valence-electron chi connectivity index (χ3n) is 2.99. The zero-order valence-electron chi connectivity index (χ0n) is 9.70. The third kappa shape index (κ3) is 2.57. The maximum Gasteiger partial charge on any atom is 0.112 e. The van der Waals surface area contributed by atoms with Crippen LogP contribution in [0.5, 0.6) is 0 Å². The Morgan fingerprint density at radius 1 is 1.27 bits per heavy atom. The van der Waals surface area contributed by atoms with Crippen LogP contribution in [0.3, 0.4) is 0 Å². The summed E-state index contributed by atoms with van der Waals surface area (Å²) in [5.41, 5.74) is 0.844. The van der Waals surface area contributed by atoms with Gasteiger partial charge < -0.3 is 0 Å². The summed E-state index contributed by atoms with van der Waals surface area (Å²) in [5, 5.41) is 9.32. The molecule has 2 heteroatoms. The topological polar surface area (TPSA) is 27.0 Å². The van der Waals surface area contributed by atoms with Crippen molar-refractivity contribution >= 4 is 0 Å². The Hall–Kier alpha value is -1.33. The highest BCUT2D eigenvalue weighted by atomic mass is 15.1. The summed E-state index contributed by atoms with van der Waals surface area (Å²) in [5.74, 6) is 0. The highest BCUT2D eigenvalue weighted by molar-refractivity contribution is 5.22. The standard InChI is InChI=1S/C13H18N2/c1-4-13(11-14,15(2)3)10-12-8-6-5-7-9-12/h5-9H,4,10H2,1-3H3. The van der Waals surface area contributed by atoms with Crippen LogP contribution in [0.2, 0.25) is 0 Å². The third-order valence-corrected chi connectivity index (χ3v) is 2.99. The lowest BCUT2D eigenvalue weighted by Crippen LogP contribution is -2.44. The molecular formula is C13H18N2. The Balaban J connectivity index is 2.90. The quantitative estimate of drug-likeness (QED) is 0.750. The van der Waals surface area contributed by atoms with Crippen LogP contribution < -0.4 is 0 Å². The van der Waals surface area contributed by atoms with Crippen LogP contribution in [0, 0.1) is 11.3 Å². The molecular weight excluding hydrogens is 184 g/mol. The summed E-state index contributed by atoms with van der Waals surface area (Å²) >= 11 is 0. The molecule has 0 aliphatic carbocycles. The van der Waals surface area contributed by atoms with Gasteiger partial charge in [0, 0.05) is 6.42 Å². The maximum atomic E-state index is 9.32. The first-order valence-corrected chi connectivity index (χ1v) is 5.27. The van der Waals surface area contributed by atoms with E-state index in [-0.39, 0.29) is 5.54 Å². The largest absolute Gasteiger partial charge is 0.291 e. The van der Waals surface area contributed by atoms with Gasteiger partial charge in [-0.3, -0.25) is 4.90 Å². The van der Waals surface area contributed by atoms with Crippen molar-refractivity contribution in [2.45, 2.75) is 25.3 Å². The van der Waals surface area contributed by atoms with Crippen molar-refractivity contribution in [1.29, 1.82) is 5.26 Å². The van der Waals surface area contributed by atoms with E-state index in [2.05, 4.69) is 25.1 Å². The first-order chi connectivity index (χ1) is 7.14. The average molecular weight is 202 g/mol. The SMILES string of the molecule is CCC(C#N)(Cc1ccccc1)N(C)C. The first kappa shape index (κ1) is 11.7. The van der Waals surface area contributed by atoms with E-state index in [0.29, 0.717) is 0 Å². The van der Waals surface area contributed by atoms with Crippen LogP contribution in [0.25, 0.3) is 0 Å². The molecule has 0 spiro atoms. The predicted octanol–water partition coefficient (Wildman–Crippen LogP) is 2.46. The van der Waals surface area contributed by atoms with Crippen LogP contribution in [-0.4, -0.2) is 24.5 Å². The number of hydrogen-bond donors (Lipinski definition) is 0. The number of rotatable bonds is 4. The summed E-state index contributed by atoms with van der Waals surface area (Å²) in [6.45, 7) is 2.06. The number of hydrogen-bond acceptors (Lipinski definition) is 2. The van der Waals surface area contributed by atoms with Gasteiger partial charge in [-0.05, 0) is 26.1 Å². The van der Waals surface area contributed by atoms with E-state index in [1.807, 2.05) is 37.2 Å². The molecule has 0 fully saturated rings. The van der Waals surface area contributed by atoms with E-state index < -0.39 is 0 Å². The van der Waals surface area contributed by atoms with Crippen molar-refractivity contribution in [3.8, 4) is 6.07 Å². The van der Waals surface area contributed by atoms with Gasteiger partial charge in [0.2, 0.25) is 0 Å². The molecule has 2 nitrogen and oxygen atoms in total. The number of benzene rings is 1. The highest BCUT2D eigenvalue weighted by Crippen LogP contribution is 2.21. The molecule has 15 heavy (non-hydrogen) atoms. The zero-order chi connectivity index (χ0) is 11.3. The first-order valence-electron chi connectivity index (χ1n) is 5.27. The monoisotopic (exact) mass is 202 g/mol. The summed E-state index contributed by atoms with van der Waals surface area (Å²) < 4.78 is 0. The van der Waals surface area contributed by atoms with E-state index in [9.17, 15) is 5.26 Å². The van der Waals surface area contributed by atoms with Crippen LogP contribution in [-0.2, 0) is 6.42 Å². The second-order valence-corrected chi connectivity index (χ2v) is 4.05. The van der Waals surface area contributed by atoms with Gasteiger partial charge in [-0.15, -0.1) is 0 Å². The summed E-state index contributed by atoms with van der Waals surface area (Å²) in [7, 11) is 3.94. The fraction of sp³-hybridized carbons (Fsp3) is 0.462. The van der Waals surface area contributed by atoms with Crippen LogP contribution in [0.15, 0.2) is 30.3 Å². The molecule has 0 saturated heterocycles. The minimum Gasteiger partial charge on any atom is -0.291 e. The Morgan fingerprint density at radius 2 is 1.87 bits per heavy atom. The lowest BCUT2D eigenvalue weighted by atomic mass is 9.88. The molecule has 80 valence electrons. The van der Waals surface area contributed by atoms with Crippen LogP contribution >= 0.6 is 0 Å². The number of nitrogens with zero attached hydrogens (tertiary/aromatic N) is 2. The van der Waals surface area contributed by atoms with Crippen molar-refractivity contribution in [2.75, 3.05) is 14.1 Å². The average Bonchev–Trinajstić information content (AvgIpc) is 2.27. The second kappa shape index (κ2) is 4.95. The minimum absolute atomic E-state index is 0.374. The number of nitriles is 1. The zero-order valence-corrected chi connectivity index (χ0v) is 9.70. The Bertz CT molecular complexity index is 337. The summed E-state index contributed by atoms with van der Waals surface area (Å²) in [6.07, 6.45) is 1.62. The van der Waals surface area contributed by atoms with Gasteiger partial charge in [0.25, 0.3) is 0 Å². The van der Waals surface area contributed by atoms with Gasteiger partial charge in [-0.1, -0.05) is 37.3 Å². The molecule has 0 aromatic heterocycles. The Morgan fingerprint density at radius 3 is 2.27 bits per heavy atom. The fourth-order valence-electron chi connectivity index (χ4n) is 1.75. The predicted molar refractivity (Wildman–Crippen MR) is 62.5 cm³/mol. The molecule has 1 atom stereocenters. The number of likely N-dealkylation sites (N-methyl/N-ethyl adjacent to an activating group) is 1. The van der Waals surface area contributed by atoms with Gasteiger partial charge in [-0.25, -0.2) is 0 Å². The summed E-state index contributed by atoms with van der Waals surface area (Å²) in [4.78, 5) is 2.01. The van der Waals surface area contributed by atoms with Crippen molar-refractivity contribution in [1.82, 2.24) is 4.90 Å². The Kier molecular flexibility index (Phi) is 3.88. The normalized spacial score (nSPS) is 14.6. The molecule has 0 N–H and O–H groups in total. The van der Waals surface area contributed by atoms with Gasteiger partial charge in [-0.2, -0.15) is 5.26 Å². The molecule has 0 aliphatic rings. The molecule has 0 heterocycles. The van der Waals surface area contributed by atoms with Gasteiger partial charge in [0.15, 0.2) is 0 Å². The molecule has 0 radical (unpaired) electrons. The lowest BCUT2D eigenvalue weighted by Gasteiger charge is -2.32. The second-order valence-electron chi connectivity index (χ2n) is 4.05. The molecule has 0 amide bonds. The molecule has 0 aliphatic heterocycles.